The smallest absolute Gasteiger partial charge is 0.223 e. The fraction of sp³-hybridized carbons (Fsp3) is 0.357. The van der Waals surface area contributed by atoms with E-state index in [2.05, 4.69) is 23.2 Å². The molecule has 0 fully saturated rings. The van der Waals surface area contributed by atoms with E-state index in [0.717, 1.165) is 0 Å². The molecule has 0 aliphatic heterocycles. The number of terminal acetylenes is 1. The molecule has 1 aromatic rings. The number of aromatic nitrogens is 1. The first-order valence-electron chi connectivity index (χ1n) is 5.70. The van der Waals surface area contributed by atoms with Crippen LogP contribution in [0.25, 0.3) is 0 Å². The second kappa shape index (κ2) is 7.09. The third-order valence-electron chi connectivity index (χ3n) is 2.46. The Morgan fingerprint density at radius 1 is 1.50 bits per heavy atom. The van der Waals surface area contributed by atoms with Gasteiger partial charge in [0.1, 0.15) is 0 Å². The largest absolute Gasteiger partial charge is 0.503 e. The average Bonchev–Trinajstić information content (AvgIpc) is 2.37. The summed E-state index contributed by atoms with van der Waals surface area (Å²) in [6, 6.07) is 4.15. The van der Waals surface area contributed by atoms with Crippen molar-refractivity contribution in [1.29, 1.82) is 0 Å². The SMILES string of the molecule is C#CCCC#CNCCn1ccc(=O)c(O)c1C. The number of hydrogen-bond donors (Lipinski definition) is 2. The van der Waals surface area contributed by atoms with E-state index in [4.69, 9.17) is 6.42 Å². The average molecular weight is 244 g/mol. The molecular weight excluding hydrogens is 228 g/mol. The number of hydrogen-bond acceptors (Lipinski definition) is 3. The summed E-state index contributed by atoms with van der Waals surface area (Å²) in [4.78, 5) is 11.2. The quantitative estimate of drug-likeness (QED) is 0.468. The van der Waals surface area contributed by atoms with Crippen molar-refractivity contribution in [2.24, 2.45) is 0 Å². The van der Waals surface area contributed by atoms with Gasteiger partial charge in [-0.1, -0.05) is 5.92 Å². The van der Waals surface area contributed by atoms with Crippen LogP contribution in [-0.4, -0.2) is 16.2 Å². The van der Waals surface area contributed by atoms with Gasteiger partial charge in [0.05, 0.1) is 5.69 Å². The van der Waals surface area contributed by atoms with Crippen LogP contribution in [0.15, 0.2) is 17.1 Å². The summed E-state index contributed by atoms with van der Waals surface area (Å²) in [5.41, 5.74) is 0.204. The molecule has 2 N–H and O–H groups in total. The van der Waals surface area contributed by atoms with Gasteiger partial charge in [-0.25, -0.2) is 0 Å². The highest BCUT2D eigenvalue weighted by Crippen LogP contribution is 2.08. The van der Waals surface area contributed by atoms with Crippen molar-refractivity contribution in [3.63, 3.8) is 0 Å². The topological polar surface area (TPSA) is 54.3 Å². The van der Waals surface area contributed by atoms with E-state index in [-0.39, 0.29) is 11.2 Å². The molecule has 0 bridgehead atoms. The van der Waals surface area contributed by atoms with E-state index in [1.807, 2.05) is 0 Å². The molecular formula is C14H16N2O2. The molecule has 4 heteroatoms. The molecule has 0 unspecified atom stereocenters. The van der Waals surface area contributed by atoms with Crippen LogP contribution in [0.5, 0.6) is 5.75 Å². The molecule has 18 heavy (non-hydrogen) atoms. The van der Waals surface area contributed by atoms with Gasteiger partial charge in [0, 0.05) is 44.2 Å². The zero-order chi connectivity index (χ0) is 13.4. The van der Waals surface area contributed by atoms with Gasteiger partial charge in [-0.2, -0.15) is 0 Å². The minimum Gasteiger partial charge on any atom is -0.503 e. The third-order valence-corrected chi connectivity index (χ3v) is 2.46. The van der Waals surface area contributed by atoms with Crippen molar-refractivity contribution in [3.05, 3.63) is 28.2 Å². The molecule has 1 aromatic heterocycles. The number of unbranched alkanes of at least 4 members (excludes halogenated alkanes) is 1. The Bertz CT molecular complexity index is 556. The lowest BCUT2D eigenvalue weighted by Gasteiger charge is -2.10. The molecule has 0 saturated carbocycles. The predicted octanol–water partition coefficient (Wildman–Crippen LogP) is 0.826. The Morgan fingerprint density at radius 2 is 2.28 bits per heavy atom. The molecule has 0 amide bonds. The highest BCUT2D eigenvalue weighted by atomic mass is 16.3. The molecule has 1 heterocycles. The normalized spacial score (nSPS) is 9.11. The van der Waals surface area contributed by atoms with Crippen molar-refractivity contribution in [1.82, 2.24) is 9.88 Å². The molecule has 0 aromatic carbocycles. The Labute approximate surface area is 107 Å². The van der Waals surface area contributed by atoms with Gasteiger partial charge >= 0.3 is 0 Å². The third kappa shape index (κ3) is 3.92. The number of nitrogens with one attached hydrogen (secondary N) is 1. The highest BCUT2D eigenvalue weighted by molar-refractivity contribution is 5.25. The fourth-order valence-electron chi connectivity index (χ4n) is 1.40. The maximum atomic E-state index is 11.2. The number of rotatable bonds is 4. The lowest BCUT2D eigenvalue weighted by Crippen LogP contribution is -2.18. The summed E-state index contributed by atoms with van der Waals surface area (Å²) in [6.45, 7) is 2.96. The van der Waals surface area contributed by atoms with E-state index in [1.54, 1.807) is 17.7 Å². The van der Waals surface area contributed by atoms with Gasteiger partial charge in [0.2, 0.25) is 5.43 Å². The van der Waals surface area contributed by atoms with E-state index >= 15 is 0 Å². The highest BCUT2D eigenvalue weighted by Gasteiger charge is 2.03. The Hall–Kier alpha value is -2.33. The van der Waals surface area contributed by atoms with Crippen molar-refractivity contribution < 1.29 is 5.11 Å². The van der Waals surface area contributed by atoms with E-state index < -0.39 is 0 Å². The zero-order valence-electron chi connectivity index (χ0n) is 10.4. The minimum absolute atomic E-state index is 0.197. The zero-order valence-corrected chi connectivity index (χ0v) is 10.4. The Balaban J connectivity index is 2.45. The maximum absolute atomic E-state index is 11.2. The Kier molecular flexibility index (Phi) is 5.41. The first kappa shape index (κ1) is 13.7. The van der Waals surface area contributed by atoms with Gasteiger partial charge in [-0.3, -0.25) is 4.79 Å². The van der Waals surface area contributed by atoms with Crippen molar-refractivity contribution >= 4 is 0 Å². The molecule has 0 aliphatic carbocycles. The van der Waals surface area contributed by atoms with Gasteiger partial charge in [-0.05, 0) is 6.92 Å². The molecule has 4 nitrogen and oxygen atoms in total. The first-order chi connectivity index (χ1) is 8.66. The van der Waals surface area contributed by atoms with Crippen molar-refractivity contribution in [3.8, 4) is 30.1 Å². The van der Waals surface area contributed by atoms with Crippen LogP contribution in [0.1, 0.15) is 18.5 Å². The lowest BCUT2D eigenvalue weighted by atomic mass is 10.3. The summed E-state index contributed by atoms with van der Waals surface area (Å²) in [5, 5.41) is 12.4. The number of aromatic hydroxyl groups is 1. The molecule has 0 spiro atoms. The van der Waals surface area contributed by atoms with Crippen molar-refractivity contribution in [2.45, 2.75) is 26.3 Å². The molecule has 94 valence electrons. The van der Waals surface area contributed by atoms with Crippen LogP contribution >= 0.6 is 0 Å². The van der Waals surface area contributed by atoms with Gasteiger partial charge in [0.25, 0.3) is 0 Å². The van der Waals surface area contributed by atoms with Crippen LogP contribution in [0.3, 0.4) is 0 Å². The predicted molar refractivity (Wildman–Crippen MR) is 70.9 cm³/mol. The molecule has 0 aliphatic rings. The minimum atomic E-state index is -0.356. The van der Waals surface area contributed by atoms with Gasteiger partial charge < -0.3 is 15.0 Å². The summed E-state index contributed by atoms with van der Waals surface area (Å²) < 4.78 is 1.80. The van der Waals surface area contributed by atoms with Crippen LogP contribution in [-0.2, 0) is 6.54 Å². The standard InChI is InChI=1S/C14H16N2O2/c1-3-4-5-6-8-15-9-11-16-10-7-13(17)14(18)12(16)2/h1,7,10,15,18H,4-5,9,11H2,2H3. The van der Waals surface area contributed by atoms with Crippen molar-refractivity contribution in [2.75, 3.05) is 6.54 Å². The molecule has 0 atom stereocenters. The van der Waals surface area contributed by atoms with Gasteiger partial charge in [-0.15, -0.1) is 12.3 Å². The second-order valence-electron chi connectivity index (χ2n) is 3.74. The number of nitrogens with zero attached hydrogens (tertiary/aromatic N) is 1. The fourth-order valence-corrected chi connectivity index (χ4v) is 1.40. The molecule has 0 radical (unpaired) electrons. The van der Waals surface area contributed by atoms with Crippen LogP contribution < -0.4 is 10.7 Å². The first-order valence-corrected chi connectivity index (χ1v) is 5.70. The van der Waals surface area contributed by atoms with Crippen LogP contribution in [0, 0.1) is 31.2 Å². The van der Waals surface area contributed by atoms with Crippen LogP contribution in [0.4, 0.5) is 0 Å². The monoisotopic (exact) mass is 244 g/mol. The molecule has 0 saturated heterocycles. The van der Waals surface area contributed by atoms with E-state index in [0.29, 0.717) is 31.6 Å². The van der Waals surface area contributed by atoms with E-state index in [1.165, 1.54) is 6.07 Å². The summed E-state index contributed by atoms with van der Waals surface area (Å²) in [7, 11) is 0. The number of pyridine rings is 1. The summed E-state index contributed by atoms with van der Waals surface area (Å²) in [6.07, 6.45) is 8.09. The maximum Gasteiger partial charge on any atom is 0.223 e. The van der Waals surface area contributed by atoms with Gasteiger partial charge in [0.15, 0.2) is 5.75 Å². The summed E-state index contributed by atoms with van der Waals surface area (Å²) in [5.74, 6) is 5.21. The lowest BCUT2D eigenvalue weighted by molar-refractivity contribution is 0.452. The van der Waals surface area contributed by atoms with Crippen LogP contribution in [0.2, 0.25) is 0 Å². The Morgan fingerprint density at radius 3 is 3.00 bits per heavy atom. The molecule has 1 rings (SSSR count). The summed E-state index contributed by atoms with van der Waals surface area (Å²) >= 11 is 0. The second-order valence-corrected chi connectivity index (χ2v) is 3.74. The van der Waals surface area contributed by atoms with E-state index in [9.17, 15) is 9.90 Å².